The number of hydrogen-bond acceptors (Lipinski definition) is 4. The van der Waals surface area contributed by atoms with Crippen molar-refractivity contribution in [3.63, 3.8) is 0 Å². The molecule has 0 amide bonds. The minimum absolute atomic E-state index is 0.506. The van der Waals surface area contributed by atoms with Crippen LogP contribution in [0, 0.1) is 0 Å². The quantitative estimate of drug-likeness (QED) is 0.610. The Morgan fingerprint density at radius 1 is 1.09 bits per heavy atom. The molecule has 0 atom stereocenters. The number of sulfonamides is 1. The summed E-state index contributed by atoms with van der Waals surface area (Å²) in [5.41, 5.74) is 0.506. The number of benzene rings is 2. The van der Waals surface area contributed by atoms with Gasteiger partial charge in [-0.2, -0.15) is 0 Å². The molecule has 0 radical (unpaired) electrons. The summed E-state index contributed by atoms with van der Waals surface area (Å²) >= 11 is 1.70. The van der Waals surface area contributed by atoms with Crippen LogP contribution in [0.3, 0.4) is 0 Å². The number of thioether (sulfide) groups is 1. The van der Waals surface area contributed by atoms with Crippen LogP contribution in [0.15, 0.2) is 66.1 Å². The average Bonchev–Trinajstić information content (AvgIpc) is 2.47. The van der Waals surface area contributed by atoms with Gasteiger partial charge in [0.15, 0.2) is 0 Å². The average molecular weight is 335 g/mol. The molecule has 116 valence electrons. The van der Waals surface area contributed by atoms with E-state index in [1.54, 1.807) is 36.0 Å². The minimum Gasteiger partial charge on any atom is -0.457 e. The highest BCUT2D eigenvalue weighted by Crippen LogP contribution is 2.26. The molecule has 0 aromatic heterocycles. The van der Waals surface area contributed by atoms with Crippen molar-refractivity contribution in [2.45, 2.75) is 4.90 Å². The highest BCUT2D eigenvalue weighted by molar-refractivity contribution is 7.99. The third-order valence-corrected chi connectivity index (χ3v) is 4.20. The SMILES string of the molecule is C=CCSc1ccc(Oc2ccc(NS(C)(=O)=O)cc2)cc1. The second-order valence-corrected chi connectivity index (χ2v) is 7.41. The zero-order chi connectivity index (χ0) is 16.0. The predicted octanol–water partition coefficient (Wildman–Crippen LogP) is 4.13. The Kier molecular flexibility index (Phi) is 5.51. The molecule has 0 bridgehead atoms. The van der Waals surface area contributed by atoms with E-state index in [-0.39, 0.29) is 0 Å². The van der Waals surface area contributed by atoms with E-state index in [9.17, 15) is 8.42 Å². The molecule has 4 nitrogen and oxygen atoms in total. The van der Waals surface area contributed by atoms with Gasteiger partial charge in [0.05, 0.1) is 6.26 Å². The molecule has 2 rings (SSSR count). The van der Waals surface area contributed by atoms with E-state index in [1.807, 2.05) is 30.3 Å². The van der Waals surface area contributed by atoms with Crippen LogP contribution in [0.4, 0.5) is 5.69 Å². The first-order valence-corrected chi connectivity index (χ1v) is 9.43. The first kappa shape index (κ1) is 16.5. The van der Waals surface area contributed by atoms with Crippen LogP contribution in [0.25, 0.3) is 0 Å². The molecule has 2 aromatic carbocycles. The summed E-state index contributed by atoms with van der Waals surface area (Å²) in [6.45, 7) is 3.69. The number of anilines is 1. The minimum atomic E-state index is -3.26. The highest BCUT2D eigenvalue weighted by Gasteiger charge is 2.03. The van der Waals surface area contributed by atoms with Crippen LogP contribution in [0.5, 0.6) is 11.5 Å². The number of ether oxygens (including phenoxy) is 1. The van der Waals surface area contributed by atoms with Crippen LogP contribution in [0.1, 0.15) is 0 Å². The van der Waals surface area contributed by atoms with Crippen molar-refractivity contribution < 1.29 is 13.2 Å². The fourth-order valence-electron chi connectivity index (χ4n) is 1.70. The van der Waals surface area contributed by atoms with Crippen LogP contribution >= 0.6 is 11.8 Å². The maximum Gasteiger partial charge on any atom is 0.229 e. The highest BCUT2D eigenvalue weighted by atomic mass is 32.2. The Bertz CT molecular complexity index is 723. The van der Waals surface area contributed by atoms with Crippen molar-refractivity contribution in [1.29, 1.82) is 0 Å². The summed E-state index contributed by atoms with van der Waals surface area (Å²) in [5, 5.41) is 0. The topological polar surface area (TPSA) is 55.4 Å². The van der Waals surface area contributed by atoms with E-state index in [1.165, 1.54) is 0 Å². The molecule has 0 fully saturated rings. The molecule has 0 spiro atoms. The van der Waals surface area contributed by atoms with Crippen LogP contribution in [-0.4, -0.2) is 20.4 Å². The van der Waals surface area contributed by atoms with E-state index in [0.717, 1.165) is 22.7 Å². The van der Waals surface area contributed by atoms with Gasteiger partial charge in [-0.05, 0) is 48.5 Å². The number of nitrogens with one attached hydrogen (secondary N) is 1. The van der Waals surface area contributed by atoms with Crippen molar-refractivity contribution in [1.82, 2.24) is 0 Å². The first-order valence-electron chi connectivity index (χ1n) is 6.56. The Hall–Kier alpha value is -1.92. The lowest BCUT2D eigenvalue weighted by Gasteiger charge is -2.08. The molecule has 22 heavy (non-hydrogen) atoms. The van der Waals surface area contributed by atoms with E-state index in [0.29, 0.717) is 11.4 Å². The van der Waals surface area contributed by atoms with Gasteiger partial charge >= 0.3 is 0 Å². The summed E-state index contributed by atoms with van der Waals surface area (Å²) in [5.74, 6) is 2.24. The van der Waals surface area contributed by atoms with E-state index < -0.39 is 10.0 Å². The zero-order valence-corrected chi connectivity index (χ0v) is 13.8. The summed E-state index contributed by atoms with van der Waals surface area (Å²) < 4.78 is 30.4. The molecule has 6 heteroatoms. The van der Waals surface area contributed by atoms with Gasteiger partial charge in [0.25, 0.3) is 0 Å². The summed E-state index contributed by atoms with van der Waals surface area (Å²) in [6.07, 6.45) is 2.98. The second kappa shape index (κ2) is 7.38. The molecule has 1 N–H and O–H groups in total. The van der Waals surface area contributed by atoms with Crippen molar-refractivity contribution in [3.8, 4) is 11.5 Å². The third-order valence-electron chi connectivity index (χ3n) is 2.58. The normalized spacial score (nSPS) is 11.0. The molecule has 0 aliphatic carbocycles. The summed E-state index contributed by atoms with van der Waals surface area (Å²) in [4.78, 5) is 1.15. The van der Waals surface area contributed by atoms with Crippen molar-refractivity contribution in [2.24, 2.45) is 0 Å². The molecule has 2 aromatic rings. The fraction of sp³-hybridized carbons (Fsp3) is 0.125. The molecule has 0 unspecified atom stereocenters. The van der Waals surface area contributed by atoms with E-state index in [2.05, 4.69) is 11.3 Å². The monoisotopic (exact) mass is 335 g/mol. The smallest absolute Gasteiger partial charge is 0.229 e. The molecule has 0 saturated heterocycles. The number of hydrogen-bond donors (Lipinski definition) is 1. The Morgan fingerprint density at radius 3 is 2.14 bits per heavy atom. The van der Waals surface area contributed by atoms with Gasteiger partial charge in [0.1, 0.15) is 11.5 Å². The second-order valence-electron chi connectivity index (χ2n) is 4.57. The molecule has 0 aliphatic heterocycles. The Balaban J connectivity index is 2.00. The van der Waals surface area contributed by atoms with Crippen molar-refractivity contribution in [2.75, 3.05) is 16.7 Å². The number of rotatable bonds is 7. The first-order chi connectivity index (χ1) is 10.5. The summed E-state index contributed by atoms with van der Waals surface area (Å²) in [6, 6.07) is 14.5. The van der Waals surface area contributed by atoms with Crippen LogP contribution in [-0.2, 0) is 10.0 Å². The van der Waals surface area contributed by atoms with Gasteiger partial charge < -0.3 is 4.74 Å². The molecular weight excluding hydrogens is 318 g/mol. The summed E-state index contributed by atoms with van der Waals surface area (Å²) in [7, 11) is -3.26. The van der Waals surface area contributed by atoms with Crippen molar-refractivity contribution in [3.05, 3.63) is 61.2 Å². The van der Waals surface area contributed by atoms with Gasteiger partial charge in [0.2, 0.25) is 10.0 Å². The van der Waals surface area contributed by atoms with Crippen LogP contribution in [0.2, 0.25) is 0 Å². The van der Waals surface area contributed by atoms with Gasteiger partial charge in [-0.1, -0.05) is 6.08 Å². The zero-order valence-electron chi connectivity index (χ0n) is 12.2. The van der Waals surface area contributed by atoms with Gasteiger partial charge in [-0.25, -0.2) is 8.42 Å². The third kappa shape index (κ3) is 5.46. The molecule has 0 aliphatic rings. The lowest BCUT2D eigenvalue weighted by atomic mass is 10.3. The van der Waals surface area contributed by atoms with Gasteiger partial charge in [0, 0.05) is 16.3 Å². The Morgan fingerprint density at radius 2 is 1.64 bits per heavy atom. The standard InChI is InChI=1S/C16H17NO3S2/c1-3-12-21-16-10-8-15(9-11-16)20-14-6-4-13(5-7-14)17-22(2,18)19/h3-11,17H,1,12H2,2H3. The van der Waals surface area contributed by atoms with E-state index in [4.69, 9.17) is 4.74 Å². The van der Waals surface area contributed by atoms with Crippen LogP contribution < -0.4 is 9.46 Å². The largest absolute Gasteiger partial charge is 0.457 e. The van der Waals surface area contributed by atoms with E-state index >= 15 is 0 Å². The molecule has 0 heterocycles. The molecular formula is C16H17NO3S2. The maximum atomic E-state index is 11.1. The maximum absolute atomic E-state index is 11.1. The Labute approximate surface area is 135 Å². The fourth-order valence-corrected chi connectivity index (χ4v) is 2.90. The lowest BCUT2D eigenvalue weighted by Crippen LogP contribution is -2.09. The predicted molar refractivity (Wildman–Crippen MR) is 92.3 cm³/mol. The van der Waals surface area contributed by atoms with Crippen molar-refractivity contribution >= 4 is 27.5 Å². The van der Waals surface area contributed by atoms with Gasteiger partial charge in [-0.3, -0.25) is 4.72 Å². The lowest BCUT2D eigenvalue weighted by molar-refractivity contribution is 0.482. The molecule has 0 saturated carbocycles. The van der Waals surface area contributed by atoms with Gasteiger partial charge in [-0.15, -0.1) is 18.3 Å².